The highest BCUT2D eigenvalue weighted by Gasteiger charge is 2.49. The monoisotopic (exact) mass is 1160 g/mol. The van der Waals surface area contributed by atoms with Crippen LogP contribution in [0.1, 0.15) is 55.6 Å². The van der Waals surface area contributed by atoms with Crippen molar-refractivity contribution in [2.45, 2.75) is 10.8 Å². The minimum atomic E-state index is -1.60. The van der Waals surface area contributed by atoms with Gasteiger partial charge in [0.25, 0.3) is 0 Å². The van der Waals surface area contributed by atoms with Gasteiger partial charge in [0.15, 0.2) is 34.9 Å². The number of anilines is 3. The zero-order valence-corrected chi connectivity index (χ0v) is 46.7. The van der Waals surface area contributed by atoms with E-state index in [0.29, 0.717) is 84.6 Å². The lowest BCUT2D eigenvalue weighted by molar-refractivity contribution is 0.443. The summed E-state index contributed by atoms with van der Waals surface area (Å²) in [6, 6.07) is 74.6. The Labute approximate surface area is 502 Å². The number of halogens is 6. The van der Waals surface area contributed by atoms with Crippen LogP contribution in [0.3, 0.4) is 0 Å². The SMILES string of the molecule is C=Cc1ccc(Oc2ccc(C3(c4cc(F)c(F)c(F)c4)c4ccccc4-c4ccc(N(c5ccc6c(c5)C(c5ccc(Oc7ccc(C=C)cc7)cc5)(c5cc(F)c(F)c(F)c5)c5ccccc5-6)c5ccc6c(c5)oc5ccccc56)cc43)cc2)cc1. The van der Waals surface area contributed by atoms with Crippen molar-refractivity contribution < 1.29 is 40.2 Å². The molecule has 4 nitrogen and oxygen atoms in total. The van der Waals surface area contributed by atoms with Gasteiger partial charge in [0.1, 0.15) is 34.2 Å². The highest BCUT2D eigenvalue weighted by Crippen LogP contribution is 2.60. The van der Waals surface area contributed by atoms with Gasteiger partial charge in [-0.2, -0.15) is 0 Å². The molecule has 10 heteroatoms. The van der Waals surface area contributed by atoms with E-state index in [0.717, 1.165) is 68.4 Å². The molecule has 88 heavy (non-hydrogen) atoms. The second-order valence-corrected chi connectivity index (χ2v) is 22.0. The maximum Gasteiger partial charge on any atom is 0.194 e. The Hall–Kier alpha value is -11.1. The van der Waals surface area contributed by atoms with Crippen LogP contribution in [0, 0.1) is 34.9 Å². The van der Waals surface area contributed by atoms with Gasteiger partial charge in [0, 0.05) is 33.9 Å². The van der Waals surface area contributed by atoms with Crippen molar-refractivity contribution in [3.05, 3.63) is 352 Å². The molecule has 2 atom stereocenters. The summed E-state index contributed by atoms with van der Waals surface area (Å²) in [6.45, 7) is 7.70. The molecule has 2 aliphatic rings. The van der Waals surface area contributed by atoms with Gasteiger partial charge in [0.05, 0.1) is 10.8 Å². The van der Waals surface area contributed by atoms with Crippen LogP contribution in [0.5, 0.6) is 23.0 Å². The average molecular weight is 1160 g/mol. The molecule has 12 aromatic carbocycles. The van der Waals surface area contributed by atoms with Crippen molar-refractivity contribution in [3.8, 4) is 45.3 Å². The van der Waals surface area contributed by atoms with Crippen molar-refractivity contribution in [3.63, 3.8) is 0 Å². The number of nitrogens with zero attached hydrogens (tertiary/aromatic N) is 1. The number of ether oxygens (including phenoxy) is 2. The van der Waals surface area contributed by atoms with Gasteiger partial charge in [0.2, 0.25) is 0 Å². The molecule has 0 amide bonds. The van der Waals surface area contributed by atoms with Crippen LogP contribution in [0.15, 0.2) is 266 Å². The van der Waals surface area contributed by atoms with Crippen LogP contribution >= 0.6 is 0 Å². The Morgan fingerprint density at radius 2 is 0.693 bits per heavy atom. The van der Waals surface area contributed by atoms with E-state index in [1.54, 1.807) is 36.4 Å². The summed E-state index contributed by atoms with van der Waals surface area (Å²) in [5.74, 6) is -6.48. The number of hydrogen-bond donors (Lipinski definition) is 0. The predicted octanol–water partition coefficient (Wildman–Crippen LogP) is 21.5. The van der Waals surface area contributed by atoms with Crippen LogP contribution in [0.2, 0.25) is 0 Å². The van der Waals surface area contributed by atoms with E-state index < -0.39 is 45.7 Å². The smallest absolute Gasteiger partial charge is 0.194 e. The summed E-state index contributed by atoms with van der Waals surface area (Å²) in [6.07, 6.45) is 3.48. The van der Waals surface area contributed by atoms with Gasteiger partial charge in [-0.25, -0.2) is 26.3 Å². The van der Waals surface area contributed by atoms with Gasteiger partial charge in [-0.1, -0.05) is 153 Å². The zero-order chi connectivity index (χ0) is 60.0. The molecule has 2 unspecified atom stereocenters. The molecular weight excluding hydrogens is 1110 g/mol. The lowest BCUT2D eigenvalue weighted by Gasteiger charge is -2.36. The highest BCUT2D eigenvalue weighted by atomic mass is 19.2. The van der Waals surface area contributed by atoms with Gasteiger partial charge in [-0.05, 0) is 193 Å². The molecule has 0 N–H and O–H groups in total. The quantitative estimate of drug-likeness (QED) is 0.0851. The minimum Gasteiger partial charge on any atom is -0.457 e. The summed E-state index contributed by atoms with van der Waals surface area (Å²) < 4.78 is 114. The Kier molecular flexibility index (Phi) is 12.7. The number of rotatable bonds is 13. The molecular formula is C78H47F6NO3. The Bertz CT molecular complexity index is 4680. The molecule has 0 bridgehead atoms. The first kappa shape index (κ1) is 53.6. The maximum absolute atomic E-state index is 16.1. The first-order chi connectivity index (χ1) is 42.9. The Morgan fingerprint density at radius 3 is 1.14 bits per heavy atom. The lowest BCUT2D eigenvalue weighted by atomic mass is 9.67. The van der Waals surface area contributed by atoms with E-state index in [1.165, 1.54) is 0 Å². The van der Waals surface area contributed by atoms with E-state index in [9.17, 15) is 0 Å². The molecule has 13 aromatic rings. The van der Waals surface area contributed by atoms with Gasteiger partial charge in [-0.3, -0.25) is 0 Å². The van der Waals surface area contributed by atoms with E-state index in [2.05, 4.69) is 13.2 Å². The van der Waals surface area contributed by atoms with Crippen LogP contribution in [0.4, 0.5) is 43.4 Å². The Morgan fingerprint density at radius 1 is 0.330 bits per heavy atom. The molecule has 2 aliphatic carbocycles. The second-order valence-electron chi connectivity index (χ2n) is 22.0. The minimum absolute atomic E-state index is 0.136. The summed E-state index contributed by atoms with van der Waals surface area (Å²) in [4.78, 5) is 2.04. The van der Waals surface area contributed by atoms with Gasteiger partial charge >= 0.3 is 0 Å². The van der Waals surface area contributed by atoms with Crippen LogP contribution in [-0.4, -0.2) is 0 Å². The molecule has 0 saturated heterocycles. The Balaban J connectivity index is 0.967. The summed E-state index contributed by atoms with van der Waals surface area (Å²) >= 11 is 0. The molecule has 0 spiro atoms. The van der Waals surface area contributed by atoms with E-state index in [1.807, 2.05) is 205 Å². The highest BCUT2D eigenvalue weighted by molar-refractivity contribution is 6.06. The van der Waals surface area contributed by atoms with Crippen molar-refractivity contribution in [2.24, 2.45) is 0 Å². The standard InChI is InChI=1S/C78H47F6NO3/c1-3-46-17-28-55(29-18-46)86-57-32-21-48(22-33-57)77(50-39-69(79)75(83)70(80)40-50)65-14-8-5-11-59(65)61-36-25-52(43-67(61)77)85(54-27-38-64-63-13-7-10-16-73(63)88-74(64)45-54)53-26-37-62-60-12-6-9-15-66(60)78(68(62)44-53,51-41-71(81)76(84)72(82)42-51)49-23-34-58(35-24-49)87-56-30-19-47(4-2)20-31-56/h3-45H,1-2H2. The predicted molar refractivity (Wildman–Crippen MR) is 336 cm³/mol. The second kappa shape index (κ2) is 20.9. The molecule has 1 aromatic heterocycles. The van der Waals surface area contributed by atoms with Crippen LogP contribution < -0.4 is 14.4 Å². The van der Waals surface area contributed by atoms with Crippen molar-refractivity contribution in [1.82, 2.24) is 0 Å². The molecule has 1 heterocycles. The molecule has 15 rings (SSSR count). The zero-order valence-electron chi connectivity index (χ0n) is 46.7. The number of fused-ring (bicyclic) bond motifs is 9. The fourth-order valence-corrected chi connectivity index (χ4v) is 13.4. The normalized spacial score (nSPS) is 15.3. The van der Waals surface area contributed by atoms with Gasteiger partial charge in [-0.15, -0.1) is 0 Å². The first-order valence-electron chi connectivity index (χ1n) is 28.5. The van der Waals surface area contributed by atoms with E-state index in [4.69, 9.17) is 13.9 Å². The molecule has 0 saturated carbocycles. The average Bonchev–Trinajstić information content (AvgIpc) is 1.53. The molecule has 0 aliphatic heterocycles. The summed E-state index contributed by atoms with van der Waals surface area (Å²) in [5.41, 5.74) is 9.14. The largest absolute Gasteiger partial charge is 0.457 e. The topological polar surface area (TPSA) is 34.8 Å². The summed E-state index contributed by atoms with van der Waals surface area (Å²) in [7, 11) is 0. The number of para-hydroxylation sites is 1. The first-order valence-corrected chi connectivity index (χ1v) is 28.5. The third-order valence-corrected chi connectivity index (χ3v) is 17.3. The maximum atomic E-state index is 16.1. The van der Waals surface area contributed by atoms with E-state index >= 15 is 26.3 Å². The fourth-order valence-electron chi connectivity index (χ4n) is 13.4. The third kappa shape index (κ3) is 8.38. The number of hydrogen-bond acceptors (Lipinski definition) is 4. The molecule has 0 fully saturated rings. The van der Waals surface area contributed by atoms with Crippen LogP contribution in [0.25, 0.3) is 56.3 Å². The molecule has 424 valence electrons. The lowest BCUT2D eigenvalue weighted by Crippen LogP contribution is -2.30. The third-order valence-electron chi connectivity index (χ3n) is 17.3. The van der Waals surface area contributed by atoms with Crippen molar-refractivity contribution >= 4 is 51.2 Å². The van der Waals surface area contributed by atoms with Crippen molar-refractivity contribution in [1.29, 1.82) is 0 Å². The number of benzene rings is 12. The number of furan rings is 1. The fraction of sp³-hybridized carbons (Fsp3) is 0.0256. The van der Waals surface area contributed by atoms with Crippen molar-refractivity contribution in [2.75, 3.05) is 4.90 Å². The summed E-state index contributed by atoms with van der Waals surface area (Å²) in [5, 5.41) is 1.78. The van der Waals surface area contributed by atoms with Gasteiger partial charge < -0.3 is 18.8 Å². The van der Waals surface area contributed by atoms with E-state index in [-0.39, 0.29) is 11.1 Å². The molecule has 0 radical (unpaired) electrons. The van der Waals surface area contributed by atoms with Crippen LogP contribution in [-0.2, 0) is 10.8 Å².